The number of aromatic nitrogens is 2. The van der Waals surface area contributed by atoms with Gasteiger partial charge in [-0.3, -0.25) is 5.41 Å². The van der Waals surface area contributed by atoms with Gasteiger partial charge in [-0.05, 0) is 60.7 Å². The Morgan fingerprint density at radius 3 is 2.17 bits per heavy atom. The SMILES string of the molecule is COC[C@H](Cc1ccc(C)cc1)n1c(=N)n(C(F)(F)c2ccccc2Cc2ccc(F)c(F)c2)c2ccccc21. The second kappa shape index (κ2) is 11.1. The maximum absolute atomic E-state index is 16.6. The van der Waals surface area contributed by atoms with Gasteiger partial charge in [-0.15, -0.1) is 0 Å². The van der Waals surface area contributed by atoms with Crippen LogP contribution in [0.2, 0.25) is 0 Å². The van der Waals surface area contributed by atoms with E-state index in [1.807, 2.05) is 31.2 Å². The van der Waals surface area contributed by atoms with E-state index in [0.29, 0.717) is 17.5 Å². The Balaban J connectivity index is 1.63. The van der Waals surface area contributed by atoms with E-state index < -0.39 is 23.7 Å². The van der Waals surface area contributed by atoms with Crippen LogP contribution in [0.4, 0.5) is 17.6 Å². The minimum atomic E-state index is -3.63. The number of halogens is 4. The quantitative estimate of drug-likeness (QED) is 0.196. The Morgan fingerprint density at radius 2 is 1.48 bits per heavy atom. The third-order valence-corrected chi connectivity index (χ3v) is 7.14. The van der Waals surface area contributed by atoms with E-state index in [1.54, 1.807) is 48.1 Å². The van der Waals surface area contributed by atoms with Crippen LogP contribution in [-0.4, -0.2) is 22.9 Å². The summed E-state index contributed by atoms with van der Waals surface area (Å²) >= 11 is 0. The maximum atomic E-state index is 16.6. The molecule has 40 heavy (non-hydrogen) atoms. The molecule has 1 heterocycles. The van der Waals surface area contributed by atoms with Crippen molar-refractivity contribution in [1.82, 2.24) is 9.13 Å². The highest BCUT2D eigenvalue weighted by molar-refractivity contribution is 5.76. The fourth-order valence-electron chi connectivity index (χ4n) is 5.22. The number of hydrogen-bond donors (Lipinski definition) is 1. The number of nitrogens with zero attached hydrogens (tertiary/aromatic N) is 2. The van der Waals surface area contributed by atoms with Crippen LogP contribution >= 0.6 is 0 Å². The summed E-state index contributed by atoms with van der Waals surface area (Å²) in [6.07, 6.45) is 0.451. The van der Waals surface area contributed by atoms with Gasteiger partial charge in [0.15, 0.2) is 11.6 Å². The number of hydrogen-bond acceptors (Lipinski definition) is 2. The lowest BCUT2D eigenvalue weighted by Crippen LogP contribution is -2.38. The molecule has 1 atom stereocenters. The molecule has 0 bridgehead atoms. The Bertz CT molecular complexity index is 1710. The Kier molecular flexibility index (Phi) is 7.63. The van der Waals surface area contributed by atoms with Crippen molar-refractivity contribution in [3.05, 3.63) is 136 Å². The van der Waals surface area contributed by atoms with Gasteiger partial charge >= 0.3 is 6.05 Å². The summed E-state index contributed by atoms with van der Waals surface area (Å²) in [6, 6.07) is 20.0. The van der Waals surface area contributed by atoms with Crippen LogP contribution in [0.15, 0.2) is 91.0 Å². The van der Waals surface area contributed by atoms with Crippen molar-refractivity contribution in [3.8, 4) is 0 Å². The lowest BCUT2D eigenvalue weighted by molar-refractivity contribution is -0.0384. The first-order chi connectivity index (χ1) is 19.2. The number of methoxy groups -OCH3 is 1. The first kappa shape index (κ1) is 27.4. The van der Waals surface area contributed by atoms with Gasteiger partial charge in [-0.2, -0.15) is 8.78 Å². The first-order valence-corrected chi connectivity index (χ1v) is 12.9. The molecule has 0 saturated heterocycles. The van der Waals surface area contributed by atoms with Gasteiger partial charge in [0.05, 0.1) is 23.7 Å². The standard InChI is InChI=1S/C32H29F4N3O/c1-21-11-13-22(14-12-21)18-25(20-40-2)38-29-9-5-6-10-30(29)39(31(38)37)32(35,36)26-8-4-3-7-24(26)17-23-15-16-27(33)28(34)19-23/h3-16,19,25,37H,17-18,20H2,1-2H3/t25-/m0/s1. The fraction of sp³-hybridized carbons (Fsp3) is 0.219. The molecule has 0 radical (unpaired) electrons. The Morgan fingerprint density at radius 1 is 0.825 bits per heavy atom. The van der Waals surface area contributed by atoms with Gasteiger partial charge < -0.3 is 9.30 Å². The van der Waals surface area contributed by atoms with Gasteiger partial charge in [0.25, 0.3) is 0 Å². The highest BCUT2D eigenvalue weighted by atomic mass is 19.3. The minimum Gasteiger partial charge on any atom is -0.383 e. The fourth-order valence-corrected chi connectivity index (χ4v) is 5.22. The molecule has 8 heteroatoms. The van der Waals surface area contributed by atoms with Crippen LogP contribution in [0.25, 0.3) is 11.0 Å². The monoisotopic (exact) mass is 547 g/mol. The average molecular weight is 548 g/mol. The molecule has 5 rings (SSSR count). The van der Waals surface area contributed by atoms with Crippen molar-refractivity contribution in [2.75, 3.05) is 13.7 Å². The second-order valence-electron chi connectivity index (χ2n) is 9.94. The summed E-state index contributed by atoms with van der Waals surface area (Å²) in [6.45, 7) is 2.21. The van der Waals surface area contributed by atoms with Gasteiger partial charge in [0.2, 0.25) is 5.62 Å². The molecule has 0 fully saturated rings. The molecule has 1 N–H and O–H groups in total. The van der Waals surface area contributed by atoms with E-state index in [0.717, 1.165) is 27.8 Å². The van der Waals surface area contributed by atoms with E-state index in [1.165, 1.54) is 18.2 Å². The van der Waals surface area contributed by atoms with Crippen molar-refractivity contribution < 1.29 is 22.3 Å². The molecule has 0 unspecified atom stereocenters. The van der Waals surface area contributed by atoms with E-state index >= 15 is 8.78 Å². The molecule has 1 aromatic heterocycles. The van der Waals surface area contributed by atoms with E-state index in [2.05, 4.69) is 0 Å². The summed E-state index contributed by atoms with van der Waals surface area (Å²) < 4.78 is 68.3. The lowest BCUT2D eigenvalue weighted by Gasteiger charge is -2.23. The number of fused-ring (bicyclic) bond motifs is 1. The molecule has 0 aliphatic carbocycles. The topological polar surface area (TPSA) is 42.9 Å². The predicted molar refractivity (Wildman–Crippen MR) is 146 cm³/mol. The zero-order valence-electron chi connectivity index (χ0n) is 22.2. The number of aryl methyl sites for hydroxylation is 1. The molecule has 4 aromatic carbocycles. The van der Waals surface area contributed by atoms with E-state index in [-0.39, 0.29) is 35.3 Å². The van der Waals surface area contributed by atoms with E-state index in [4.69, 9.17) is 10.1 Å². The predicted octanol–water partition coefficient (Wildman–Crippen LogP) is 7.13. The van der Waals surface area contributed by atoms with Crippen LogP contribution in [0, 0.1) is 24.0 Å². The normalized spacial score (nSPS) is 12.7. The zero-order chi connectivity index (χ0) is 28.4. The number of rotatable bonds is 9. The summed E-state index contributed by atoms with van der Waals surface area (Å²) in [4.78, 5) is 0. The van der Waals surface area contributed by atoms with E-state index in [9.17, 15) is 8.78 Å². The molecular formula is C32H29F4N3O. The summed E-state index contributed by atoms with van der Waals surface area (Å²) in [5.41, 5.74) is 2.71. The third kappa shape index (κ3) is 5.19. The van der Waals surface area contributed by atoms with Crippen molar-refractivity contribution in [1.29, 1.82) is 5.41 Å². The van der Waals surface area contributed by atoms with Crippen LogP contribution < -0.4 is 5.62 Å². The number of nitrogens with one attached hydrogen (secondary N) is 1. The van der Waals surface area contributed by atoms with Crippen molar-refractivity contribution in [2.24, 2.45) is 0 Å². The second-order valence-corrected chi connectivity index (χ2v) is 9.94. The smallest absolute Gasteiger partial charge is 0.359 e. The van der Waals surface area contributed by atoms with Crippen LogP contribution in [0.5, 0.6) is 0 Å². The van der Waals surface area contributed by atoms with Crippen LogP contribution in [-0.2, 0) is 23.6 Å². The number of para-hydroxylation sites is 2. The number of alkyl halides is 2. The largest absolute Gasteiger partial charge is 0.383 e. The highest BCUT2D eigenvalue weighted by Crippen LogP contribution is 2.36. The summed E-state index contributed by atoms with van der Waals surface area (Å²) in [7, 11) is 1.55. The molecule has 0 saturated carbocycles. The average Bonchev–Trinajstić information content (AvgIpc) is 3.24. The first-order valence-electron chi connectivity index (χ1n) is 12.9. The molecule has 4 nitrogen and oxygen atoms in total. The molecule has 206 valence electrons. The van der Waals surface area contributed by atoms with Gasteiger partial charge in [-0.25, -0.2) is 13.3 Å². The van der Waals surface area contributed by atoms with Crippen molar-refractivity contribution in [3.63, 3.8) is 0 Å². The molecule has 0 aliphatic heterocycles. The van der Waals surface area contributed by atoms with Gasteiger partial charge in [0.1, 0.15) is 0 Å². The molecule has 5 aromatic rings. The number of imidazole rings is 1. The van der Waals surface area contributed by atoms with Crippen molar-refractivity contribution in [2.45, 2.75) is 31.9 Å². The van der Waals surface area contributed by atoms with Crippen LogP contribution in [0.1, 0.15) is 33.9 Å². The minimum absolute atomic E-state index is 0.0325. The lowest BCUT2D eigenvalue weighted by atomic mass is 9.98. The molecule has 0 spiro atoms. The summed E-state index contributed by atoms with van der Waals surface area (Å²) in [5.74, 6) is -2.04. The third-order valence-electron chi connectivity index (χ3n) is 7.14. The zero-order valence-corrected chi connectivity index (χ0v) is 22.2. The summed E-state index contributed by atoms with van der Waals surface area (Å²) in [5, 5.41) is 9.03. The van der Waals surface area contributed by atoms with Crippen LogP contribution in [0.3, 0.4) is 0 Å². The van der Waals surface area contributed by atoms with Gasteiger partial charge in [-0.1, -0.05) is 72.3 Å². The maximum Gasteiger partial charge on any atom is 0.359 e. The molecule has 0 amide bonds. The highest BCUT2D eigenvalue weighted by Gasteiger charge is 2.39. The number of benzene rings is 4. The van der Waals surface area contributed by atoms with Gasteiger partial charge in [0, 0.05) is 12.7 Å². The Labute approximate surface area is 229 Å². The Hall–Kier alpha value is -4.17. The molecule has 0 aliphatic rings. The number of ether oxygens (including phenoxy) is 1. The molecular weight excluding hydrogens is 518 g/mol. The van der Waals surface area contributed by atoms with Crippen molar-refractivity contribution >= 4 is 11.0 Å².